The molecule has 0 fully saturated rings. The summed E-state index contributed by atoms with van der Waals surface area (Å²) in [7, 11) is -4.16. The molecule has 0 spiro atoms. The fourth-order valence-electron chi connectivity index (χ4n) is 3.48. The first-order chi connectivity index (χ1) is 15.9. The number of aromatic amines is 1. The SMILES string of the molecule is O=S(=O)(Nc1ccc(F)cc1F)c1cncc(-c2ccc3nccc(-c4cn[nH]c4)c3c2)c1. The number of aromatic nitrogens is 4. The number of pyridine rings is 2. The van der Waals surface area contributed by atoms with E-state index < -0.39 is 21.7 Å². The highest BCUT2D eigenvalue weighted by Crippen LogP contribution is 2.31. The van der Waals surface area contributed by atoms with E-state index in [1.165, 1.54) is 12.3 Å². The van der Waals surface area contributed by atoms with Crippen LogP contribution in [0.1, 0.15) is 0 Å². The van der Waals surface area contributed by atoms with Gasteiger partial charge >= 0.3 is 0 Å². The van der Waals surface area contributed by atoms with Gasteiger partial charge in [0.1, 0.15) is 16.5 Å². The standard InChI is InChI=1S/C23H15F2N5O2S/c24-17-2-4-23(21(25)9-17)30-33(31,32)18-7-15(10-26-13-18)14-1-3-22-20(8-14)19(5-6-27-22)16-11-28-29-12-16/h1-13,30H,(H,28,29). The molecule has 33 heavy (non-hydrogen) atoms. The summed E-state index contributed by atoms with van der Waals surface area (Å²) < 4.78 is 54.8. The van der Waals surface area contributed by atoms with E-state index in [1.807, 2.05) is 24.3 Å². The monoisotopic (exact) mass is 463 g/mol. The van der Waals surface area contributed by atoms with Crippen molar-refractivity contribution in [3.8, 4) is 22.3 Å². The maximum absolute atomic E-state index is 13.9. The molecule has 7 nitrogen and oxygen atoms in total. The molecule has 5 aromatic rings. The summed E-state index contributed by atoms with van der Waals surface area (Å²) in [5.41, 5.74) is 3.48. The Morgan fingerprint density at radius 1 is 0.879 bits per heavy atom. The van der Waals surface area contributed by atoms with Gasteiger partial charge in [-0.1, -0.05) is 6.07 Å². The summed E-state index contributed by atoms with van der Waals surface area (Å²) in [4.78, 5) is 8.28. The van der Waals surface area contributed by atoms with Gasteiger partial charge in [-0.3, -0.25) is 19.8 Å². The van der Waals surface area contributed by atoms with Crippen LogP contribution in [0.15, 0.2) is 84.4 Å². The Kier molecular flexibility index (Phi) is 5.06. The second-order valence-electron chi connectivity index (χ2n) is 7.22. The molecule has 0 aliphatic rings. The van der Waals surface area contributed by atoms with Crippen molar-refractivity contribution in [1.29, 1.82) is 0 Å². The van der Waals surface area contributed by atoms with Crippen molar-refractivity contribution in [1.82, 2.24) is 20.2 Å². The number of anilines is 1. The lowest BCUT2D eigenvalue weighted by atomic mass is 10.00. The number of hydrogen-bond acceptors (Lipinski definition) is 5. The largest absolute Gasteiger partial charge is 0.285 e. The van der Waals surface area contributed by atoms with Gasteiger partial charge in [0, 0.05) is 47.4 Å². The molecule has 0 saturated heterocycles. The summed E-state index contributed by atoms with van der Waals surface area (Å²) in [6, 6.07) is 11.4. The van der Waals surface area contributed by atoms with E-state index in [2.05, 4.69) is 24.9 Å². The Morgan fingerprint density at radius 3 is 2.55 bits per heavy atom. The van der Waals surface area contributed by atoms with Gasteiger partial charge in [0.15, 0.2) is 0 Å². The fraction of sp³-hybridized carbons (Fsp3) is 0. The number of fused-ring (bicyclic) bond motifs is 1. The minimum atomic E-state index is -4.16. The molecule has 3 aromatic heterocycles. The highest BCUT2D eigenvalue weighted by molar-refractivity contribution is 7.92. The second-order valence-corrected chi connectivity index (χ2v) is 8.90. The Hall–Kier alpha value is -4.18. The number of benzene rings is 2. The smallest absolute Gasteiger partial charge is 0.263 e. The van der Waals surface area contributed by atoms with Crippen LogP contribution in [-0.4, -0.2) is 28.6 Å². The number of rotatable bonds is 5. The lowest BCUT2D eigenvalue weighted by Crippen LogP contribution is -2.14. The number of halogens is 2. The minimum absolute atomic E-state index is 0.162. The van der Waals surface area contributed by atoms with Gasteiger partial charge in [-0.2, -0.15) is 5.10 Å². The van der Waals surface area contributed by atoms with Crippen molar-refractivity contribution >= 4 is 26.6 Å². The van der Waals surface area contributed by atoms with Crippen LogP contribution in [0.25, 0.3) is 33.2 Å². The van der Waals surface area contributed by atoms with Gasteiger partial charge in [-0.05, 0) is 47.5 Å². The van der Waals surface area contributed by atoms with Gasteiger partial charge in [0.05, 0.1) is 17.4 Å². The van der Waals surface area contributed by atoms with Crippen LogP contribution in [0.3, 0.4) is 0 Å². The lowest BCUT2D eigenvalue weighted by molar-refractivity contribution is 0.582. The van der Waals surface area contributed by atoms with Crippen molar-refractivity contribution in [2.75, 3.05) is 4.72 Å². The van der Waals surface area contributed by atoms with Crippen molar-refractivity contribution in [2.45, 2.75) is 4.90 Å². The summed E-state index contributed by atoms with van der Waals surface area (Å²) in [5.74, 6) is -1.82. The van der Waals surface area contributed by atoms with Gasteiger partial charge in [-0.15, -0.1) is 0 Å². The van der Waals surface area contributed by atoms with Crippen LogP contribution >= 0.6 is 0 Å². The van der Waals surface area contributed by atoms with E-state index in [9.17, 15) is 17.2 Å². The van der Waals surface area contributed by atoms with Crippen LogP contribution < -0.4 is 4.72 Å². The molecule has 0 aliphatic heterocycles. The summed E-state index contributed by atoms with van der Waals surface area (Å²) in [5, 5.41) is 7.64. The van der Waals surface area contributed by atoms with Gasteiger partial charge in [-0.25, -0.2) is 17.2 Å². The average Bonchev–Trinajstić information content (AvgIpc) is 3.35. The van der Waals surface area contributed by atoms with Crippen molar-refractivity contribution in [3.05, 3.63) is 91.1 Å². The van der Waals surface area contributed by atoms with E-state index in [-0.39, 0.29) is 10.6 Å². The first-order valence-electron chi connectivity index (χ1n) is 9.72. The predicted octanol–water partition coefficient (Wildman–Crippen LogP) is 4.77. The fourth-order valence-corrected chi connectivity index (χ4v) is 4.53. The average molecular weight is 463 g/mol. The molecule has 0 atom stereocenters. The van der Waals surface area contributed by atoms with E-state index in [4.69, 9.17) is 0 Å². The Labute approximate surface area is 187 Å². The van der Waals surface area contributed by atoms with Crippen molar-refractivity contribution in [2.24, 2.45) is 0 Å². The molecule has 0 saturated carbocycles. The highest BCUT2D eigenvalue weighted by atomic mass is 32.2. The molecule has 0 unspecified atom stereocenters. The maximum Gasteiger partial charge on any atom is 0.263 e. The lowest BCUT2D eigenvalue weighted by Gasteiger charge is -2.11. The Balaban J connectivity index is 1.54. The van der Waals surface area contributed by atoms with Crippen LogP contribution in [0.2, 0.25) is 0 Å². The second kappa shape index (κ2) is 8.06. The molecule has 0 radical (unpaired) electrons. The molecular weight excluding hydrogens is 448 g/mol. The molecule has 3 heterocycles. The quantitative estimate of drug-likeness (QED) is 0.391. The topological polar surface area (TPSA) is 101 Å². The number of nitrogens with zero attached hydrogens (tertiary/aromatic N) is 3. The number of sulfonamides is 1. The Morgan fingerprint density at radius 2 is 1.76 bits per heavy atom. The zero-order chi connectivity index (χ0) is 23.0. The summed E-state index contributed by atoms with van der Waals surface area (Å²) in [6.07, 6.45) is 7.88. The molecule has 0 amide bonds. The van der Waals surface area contributed by atoms with Crippen molar-refractivity contribution in [3.63, 3.8) is 0 Å². The highest BCUT2D eigenvalue weighted by Gasteiger charge is 2.18. The summed E-state index contributed by atoms with van der Waals surface area (Å²) >= 11 is 0. The van der Waals surface area contributed by atoms with E-state index in [0.717, 1.165) is 45.9 Å². The zero-order valence-corrected chi connectivity index (χ0v) is 17.6. The van der Waals surface area contributed by atoms with E-state index in [0.29, 0.717) is 11.6 Å². The minimum Gasteiger partial charge on any atom is -0.285 e. The molecule has 2 aromatic carbocycles. The van der Waals surface area contributed by atoms with Crippen LogP contribution in [-0.2, 0) is 10.0 Å². The summed E-state index contributed by atoms with van der Waals surface area (Å²) in [6.45, 7) is 0. The van der Waals surface area contributed by atoms with Crippen molar-refractivity contribution < 1.29 is 17.2 Å². The third-order valence-corrected chi connectivity index (χ3v) is 6.42. The number of H-pyrrole nitrogens is 1. The number of nitrogens with one attached hydrogen (secondary N) is 2. The zero-order valence-electron chi connectivity index (χ0n) is 16.8. The third kappa shape index (κ3) is 4.03. The van der Waals surface area contributed by atoms with E-state index >= 15 is 0 Å². The van der Waals surface area contributed by atoms with Crippen LogP contribution in [0.4, 0.5) is 14.5 Å². The molecule has 5 rings (SSSR count). The van der Waals surface area contributed by atoms with E-state index in [1.54, 1.807) is 18.6 Å². The van der Waals surface area contributed by atoms with Crippen LogP contribution in [0, 0.1) is 11.6 Å². The van der Waals surface area contributed by atoms with Gasteiger partial charge in [0.25, 0.3) is 10.0 Å². The van der Waals surface area contributed by atoms with Gasteiger partial charge in [0.2, 0.25) is 0 Å². The molecule has 2 N–H and O–H groups in total. The molecule has 0 aliphatic carbocycles. The normalized spacial score (nSPS) is 11.6. The predicted molar refractivity (Wildman–Crippen MR) is 120 cm³/mol. The van der Waals surface area contributed by atoms with Gasteiger partial charge < -0.3 is 0 Å². The first-order valence-corrected chi connectivity index (χ1v) is 11.2. The molecular formula is C23H15F2N5O2S. The Bertz CT molecular complexity index is 1590. The first kappa shape index (κ1) is 20.7. The molecule has 10 heteroatoms. The third-order valence-electron chi connectivity index (χ3n) is 5.08. The molecule has 0 bridgehead atoms. The molecule has 164 valence electrons. The number of hydrogen-bond donors (Lipinski definition) is 2. The van der Waals surface area contributed by atoms with Crippen LogP contribution in [0.5, 0.6) is 0 Å². The maximum atomic E-state index is 13.9.